The topological polar surface area (TPSA) is 77.1 Å². The van der Waals surface area contributed by atoms with Gasteiger partial charge in [-0.2, -0.15) is 0 Å². The molecule has 7 nitrogen and oxygen atoms in total. The number of rotatable bonds is 6. The minimum atomic E-state index is -0.625. The van der Waals surface area contributed by atoms with Gasteiger partial charge in [0.15, 0.2) is 11.5 Å². The second-order valence-electron chi connectivity index (χ2n) is 8.58. The molecule has 35 heavy (non-hydrogen) atoms. The fourth-order valence-corrected chi connectivity index (χ4v) is 4.04. The molecule has 3 aromatic carbocycles. The van der Waals surface area contributed by atoms with E-state index in [-0.39, 0.29) is 12.5 Å². The molecular formula is C28H30N2O5. The largest absolute Gasteiger partial charge is 0.484 e. The summed E-state index contributed by atoms with van der Waals surface area (Å²) in [6, 6.07) is 21.0. The molecule has 1 heterocycles. The minimum Gasteiger partial charge on any atom is -0.484 e. The van der Waals surface area contributed by atoms with Gasteiger partial charge >= 0.3 is 6.09 Å². The molecule has 1 N–H and O–H groups in total. The molecule has 1 unspecified atom stereocenters. The van der Waals surface area contributed by atoms with Crippen molar-refractivity contribution < 1.29 is 23.8 Å². The van der Waals surface area contributed by atoms with Crippen molar-refractivity contribution in [1.29, 1.82) is 0 Å². The molecule has 0 bridgehead atoms. The van der Waals surface area contributed by atoms with Crippen molar-refractivity contribution in [2.24, 2.45) is 0 Å². The predicted molar refractivity (Wildman–Crippen MR) is 135 cm³/mol. The third kappa shape index (κ3) is 5.24. The molecule has 0 spiro atoms. The molecule has 1 aliphatic rings. The minimum absolute atomic E-state index is 0.185. The van der Waals surface area contributed by atoms with Crippen molar-refractivity contribution in [1.82, 2.24) is 4.90 Å². The van der Waals surface area contributed by atoms with E-state index in [1.807, 2.05) is 43.3 Å². The molecule has 182 valence electrons. The van der Waals surface area contributed by atoms with E-state index in [9.17, 15) is 9.59 Å². The number of hydrogen-bond acceptors (Lipinski definition) is 5. The Labute approximate surface area is 205 Å². The summed E-state index contributed by atoms with van der Waals surface area (Å²) in [5.74, 6) is 1.20. The zero-order valence-electron chi connectivity index (χ0n) is 20.4. The normalized spacial score (nSPS) is 14.4. The maximum atomic E-state index is 13.2. The number of carbonyl (C=O) groups excluding carboxylic acids is 2. The Balaban J connectivity index is 1.54. The number of likely N-dealkylation sites (N-methyl/N-ethyl adjacent to an activating group) is 1. The number of hydrogen-bond donors (Lipinski definition) is 1. The Hall–Kier alpha value is -4.00. The summed E-state index contributed by atoms with van der Waals surface area (Å²) in [7, 11) is 1.33. The highest BCUT2D eigenvalue weighted by molar-refractivity contribution is 6.08. The van der Waals surface area contributed by atoms with Crippen LogP contribution in [0.4, 0.5) is 10.5 Å². The van der Waals surface area contributed by atoms with Gasteiger partial charge in [0.1, 0.15) is 6.61 Å². The molecule has 7 heteroatoms. The SMILES string of the molecule is CCN(C(=O)OC)C1COc2ccc(NC(=O)c3ccccc3-c3ccc(C(C)C)cc3)cc2O1. The van der Waals surface area contributed by atoms with Gasteiger partial charge in [-0.1, -0.05) is 56.3 Å². The Morgan fingerprint density at radius 2 is 1.80 bits per heavy atom. The molecule has 1 aliphatic heterocycles. The monoisotopic (exact) mass is 474 g/mol. The van der Waals surface area contributed by atoms with Gasteiger partial charge < -0.3 is 19.5 Å². The fourth-order valence-electron chi connectivity index (χ4n) is 4.04. The van der Waals surface area contributed by atoms with Gasteiger partial charge in [-0.15, -0.1) is 0 Å². The molecule has 0 aromatic heterocycles. The molecule has 1 atom stereocenters. The summed E-state index contributed by atoms with van der Waals surface area (Å²) in [6.45, 7) is 6.73. The first-order valence-electron chi connectivity index (χ1n) is 11.7. The number of carbonyl (C=O) groups is 2. The molecule has 0 saturated carbocycles. The molecule has 2 amide bonds. The first-order chi connectivity index (χ1) is 16.9. The Kier molecular flexibility index (Phi) is 7.25. The van der Waals surface area contributed by atoms with Crippen LogP contribution in [-0.4, -0.2) is 43.4 Å². The van der Waals surface area contributed by atoms with Crippen LogP contribution in [0, 0.1) is 0 Å². The second kappa shape index (κ2) is 10.5. The Morgan fingerprint density at radius 1 is 1.06 bits per heavy atom. The van der Waals surface area contributed by atoms with E-state index in [4.69, 9.17) is 14.2 Å². The lowest BCUT2D eigenvalue weighted by atomic mass is 9.95. The summed E-state index contributed by atoms with van der Waals surface area (Å²) >= 11 is 0. The van der Waals surface area contributed by atoms with E-state index in [0.717, 1.165) is 11.1 Å². The summed E-state index contributed by atoms with van der Waals surface area (Å²) in [5, 5.41) is 2.96. The van der Waals surface area contributed by atoms with Crippen molar-refractivity contribution >= 4 is 17.7 Å². The van der Waals surface area contributed by atoms with Crippen LogP contribution in [0.5, 0.6) is 11.5 Å². The molecule has 0 saturated heterocycles. The maximum absolute atomic E-state index is 13.2. The summed E-state index contributed by atoms with van der Waals surface area (Å²) in [4.78, 5) is 26.7. The number of nitrogens with zero attached hydrogens (tertiary/aromatic N) is 1. The Bertz CT molecular complexity index is 1210. The van der Waals surface area contributed by atoms with Crippen LogP contribution in [0.1, 0.15) is 42.6 Å². The highest BCUT2D eigenvalue weighted by Gasteiger charge is 2.30. The van der Waals surface area contributed by atoms with Gasteiger partial charge in [0.2, 0.25) is 6.23 Å². The van der Waals surface area contributed by atoms with E-state index in [1.54, 1.807) is 18.2 Å². The Morgan fingerprint density at radius 3 is 2.49 bits per heavy atom. The van der Waals surface area contributed by atoms with Crippen LogP contribution in [0.15, 0.2) is 66.7 Å². The molecule has 4 rings (SSSR count). The van der Waals surface area contributed by atoms with Crippen LogP contribution in [0.25, 0.3) is 11.1 Å². The lowest BCUT2D eigenvalue weighted by Crippen LogP contribution is -2.48. The van der Waals surface area contributed by atoms with E-state index in [0.29, 0.717) is 35.2 Å². The number of methoxy groups -OCH3 is 1. The number of ether oxygens (including phenoxy) is 3. The van der Waals surface area contributed by atoms with E-state index < -0.39 is 12.3 Å². The molecule has 0 aliphatic carbocycles. The van der Waals surface area contributed by atoms with Crippen LogP contribution < -0.4 is 14.8 Å². The number of fused-ring (bicyclic) bond motifs is 1. The van der Waals surface area contributed by atoms with Gasteiger partial charge in [0, 0.05) is 23.9 Å². The third-order valence-electron chi connectivity index (χ3n) is 6.00. The van der Waals surface area contributed by atoms with Crippen LogP contribution in [0.2, 0.25) is 0 Å². The highest BCUT2D eigenvalue weighted by atomic mass is 16.6. The highest BCUT2D eigenvalue weighted by Crippen LogP contribution is 2.35. The van der Waals surface area contributed by atoms with Crippen LogP contribution in [-0.2, 0) is 4.74 Å². The fraction of sp³-hybridized carbons (Fsp3) is 0.286. The van der Waals surface area contributed by atoms with E-state index >= 15 is 0 Å². The average Bonchev–Trinajstić information content (AvgIpc) is 2.88. The average molecular weight is 475 g/mol. The van der Waals surface area contributed by atoms with Gasteiger partial charge in [-0.05, 0) is 47.7 Å². The zero-order valence-corrected chi connectivity index (χ0v) is 20.4. The van der Waals surface area contributed by atoms with Crippen molar-refractivity contribution in [3.8, 4) is 22.6 Å². The summed E-state index contributed by atoms with van der Waals surface area (Å²) in [5.41, 5.74) is 4.21. The number of amides is 2. The first kappa shape index (κ1) is 24.1. The van der Waals surface area contributed by atoms with Gasteiger partial charge in [0.05, 0.1) is 7.11 Å². The predicted octanol–water partition coefficient (Wildman–Crippen LogP) is 5.91. The maximum Gasteiger partial charge on any atom is 0.412 e. The van der Waals surface area contributed by atoms with Gasteiger partial charge in [-0.25, -0.2) is 4.79 Å². The number of anilines is 1. The second-order valence-corrected chi connectivity index (χ2v) is 8.58. The molecular weight excluding hydrogens is 444 g/mol. The third-order valence-corrected chi connectivity index (χ3v) is 6.00. The summed E-state index contributed by atoms with van der Waals surface area (Å²) < 4.78 is 16.6. The van der Waals surface area contributed by atoms with E-state index in [1.165, 1.54) is 17.6 Å². The van der Waals surface area contributed by atoms with Crippen molar-refractivity contribution in [3.63, 3.8) is 0 Å². The number of nitrogens with one attached hydrogen (secondary N) is 1. The van der Waals surface area contributed by atoms with Crippen molar-refractivity contribution in [2.75, 3.05) is 25.6 Å². The lowest BCUT2D eigenvalue weighted by molar-refractivity contribution is -0.0205. The van der Waals surface area contributed by atoms with Crippen LogP contribution >= 0.6 is 0 Å². The van der Waals surface area contributed by atoms with Crippen molar-refractivity contribution in [2.45, 2.75) is 32.9 Å². The van der Waals surface area contributed by atoms with E-state index in [2.05, 4.69) is 31.3 Å². The summed E-state index contributed by atoms with van der Waals surface area (Å²) in [6.07, 6.45) is -1.12. The van der Waals surface area contributed by atoms with Gasteiger partial charge in [-0.3, -0.25) is 9.69 Å². The zero-order chi connectivity index (χ0) is 24.9. The van der Waals surface area contributed by atoms with Crippen LogP contribution in [0.3, 0.4) is 0 Å². The lowest BCUT2D eigenvalue weighted by Gasteiger charge is -2.33. The van der Waals surface area contributed by atoms with Gasteiger partial charge in [0.25, 0.3) is 5.91 Å². The number of benzene rings is 3. The quantitative estimate of drug-likeness (QED) is 0.480. The molecule has 3 aromatic rings. The molecule has 0 fully saturated rings. The van der Waals surface area contributed by atoms with Crippen molar-refractivity contribution in [3.05, 3.63) is 77.9 Å². The first-order valence-corrected chi connectivity index (χ1v) is 11.7. The molecule has 0 radical (unpaired) electrons. The standard InChI is InChI=1S/C28H30N2O5/c1-5-30(28(32)33-4)26-17-34-24-15-14-21(16-25(24)35-26)29-27(31)23-9-7-6-8-22(23)20-12-10-19(11-13-20)18(2)3/h6-16,18,26H,5,17H2,1-4H3,(H,29,31). The smallest absolute Gasteiger partial charge is 0.412 e.